The Morgan fingerprint density at radius 1 is 1.03 bits per heavy atom. The zero-order valence-corrected chi connectivity index (χ0v) is 18.0. The van der Waals surface area contributed by atoms with E-state index in [9.17, 15) is 0 Å². The van der Waals surface area contributed by atoms with Gasteiger partial charge in [-0.05, 0) is 35.9 Å². The second-order valence-corrected chi connectivity index (χ2v) is 8.09. The molecule has 2 atom stereocenters. The summed E-state index contributed by atoms with van der Waals surface area (Å²) in [7, 11) is 1.67. The minimum atomic E-state index is -0.408. The lowest BCUT2D eigenvalue weighted by atomic mass is 9.84. The molecule has 0 saturated heterocycles. The fourth-order valence-corrected chi connectivity index (χ4v) is 4.73. The van der Waals surface area contributed by atoms with Crippen LogP contribution in [0.3, 0.4) is 0 Å². The van der Waals surface area contributed by atoms with Crippen LogP contribution in [-0.4, -0.2) is 21.9 Å². The predicted molar refractivity (Wildman–Crippen MR) is 123 cm³/mol. The highest BCUT2D eigenvalue weighted by Crippen LogP contribution is 2.51. The van der Waals surface area contributed by atoms with Gasteiger partial charge in [0.1, 0.15) is 23.9 Å². The molecule has 0 aliphatic carbocycles. The van der Waals surface area contributed by atoms with E-state index in [1.807, 2.05) is 65.3 Å². The fraction of sp³-hybridized carbons (Fsp3) is 0.120. The average Bonchev–Trinajstić information content (AvgIpc) is 3.31. The second kappa shape index (κ2) is 7.43. The van der Waals surface area contributed by atoms with Crippen molar-refractivity contribution >= 4 is 23.2 Å². The predicted octanol–water partition coefficient (Wildman–Crippen LogP) is 5.50. The van der Waals surface area contributed by atoms with Gasteiger partial charge < -0.3 is 14.8 Å². The molecule has 6 nitrogen and oxygen atoms in total. The number of fused-ring (bicyclic) bond motifs is 3. The van der Waals surface area contributed by atoms with Crippen molar-refractivity contribution in [2.45, 2.75) is 12.1 Å². The largest absolute Gasteiger partial charge is 0.497 e. The third kappa shape index (κ3) is 2.87. The normalized spacial score (nSPS) is 18.7. The Morgan fingerprint density at radius 2 is 1.88 bits per heavy atom. The van der Waals surface area contributed by atoms with Crippen molar-refractivity contribution in [2.24, 2.45) is 0 Å². The Balaban J connectivity index is 1.64. The molecule has 4 aromatic rings. The van der Waals surface area contributed by atoms with Gasteiger partial charge in [-0.2, -0.15) is 10.1 Å². The topological polar surface area (TPSA) is 61.2 Å². The van der Waals surface area contributed by atoms with Crippen molar-refractivity contribution in [3.63, 3.8) is 0 Å². The van der Waals surface area contributed by atoms with Crippen LogP contribution in [0.2, 0.25) is 5.02 Å². The molecule has 158 valence electrons. The number of rotatable bonds is 3. The van der Waals surface area contributed by atoms with Crippen molar-refractivity contribution in [3.8, 4) is 11.5 Å². The van der Waals surface area contributed by atoms with Gasteiger partial charge in [-0.25, -0.2) is 4.68 Å². The highest BCUT2D eigenvalue weighted by atomic mass is 35.5. The molecule has 6 rings (SSSR count). The monoisotopic (exact) mass is 442 g/mol. The van der Waals surface area contributed by atoms with E-state index < -0.39 is 6.10 Å². The number of hydrogen-bond acceptors (Lipinski definition) is 5. The fourth-order valence-electron chi connectivity index (χ4n) is 4.50. The number of nitrogens with one attached hydrogen (secondary N) is 1. The van der Waals surface area contributed by atoms with Crippen LogP contribution < -0.4 is 14.8 Å². The number of methoxy groups -OCH3 is 1. The summed E-state index contributed by atoms with van der Waals surface area (Å²) in [5.74, 6) is 2.24. The molecule has 3 aromatic carbocycles. The summed E-state index contributed by atoms with van der Waals surface area (Å²) in [4.78, 5) is 4.46. The quantitative estimate of drug-likeness (QED) is 0.454. The van der Waals surface area contributed by atoms with Gasteiger partial charge in [-0.1, -0.05) is 54.1 Å². The van der Waals surface area contributed by atoms with E-state index in [1.165, 1.54) is 0 Å². The lowest BCUT2D eigenvalue weighted by molar-refractivity contribution is 0.223. The Morgan fingerprint density at radius 3 is 2.75 bits per heavy atom. The highest BCUT2D eigenvalue weighted by Gasteiger charge is 2.41. The minimum absolute atomic E-state index is 0.256. The van der Waals surface area contributed by atoms with E-state index >= 15 is 0 Å². The lowest BCUT2D eigenvalue weighted by Gasteiger charge is -2.39. The molecule has 0 bridgehead atoms. The van der Waals surface area contributed by atoms with Gasteiger partial charge in [0, 0.05) is 21.7 Å². The van der Waals surface area contributed by atoms with Crippen LogP contribution in [-0.2, 0) is 0 Å². The molecule has 0 radical (unpaired) electrons. The number of halogens is 1. The minimum Gasteiger partial charge on any atom is -0.497 e. The molecule has 0 amide bonds. The highest BCUT2D eigenvalue weighted by molar-refractivity contribution is 6.31. The molecule has 3 heterocycles. The lowest BCUT2D eigenvalue weighted by Crippen LogP contribution is -2.32. The van der Waals surface area contributed by atoms with Crippen LogP contribution in [0.15, 0.2) is 84.7 Å². The van der Waals surface area contributed by atoms with Crippen LogP contribution in [0.1, 0.15) is 28.8 Å². The Bertz CT molecular complexity index is 1360. The first-order valence-electron chi connectivity index (χ1n) is 10.3. The van der Waals surface area contributed by atoms with Crippen molar-refractivity contribution in [3.05, 3.63) is 106 Å². The number of aromatic nitrogens is 3. The van der Waals surface area contributed by atoms with E-state index in [0.29, 0.717) is 11.0 Å². The van der Waals surface area contributed by atoms with Gasteiger partial charge in [-0.3, -0.25) is 0 Å². The first-order valence-corrected chi connectivity index (χ1v) is 10.7. The molecule has 1 N–H and O–H groups in total. The van der Waals surface area contributed by atoms with Gasteiger partial charge >= 0.3 is 0 Å². The smallest absolute Gasteiger partial charge is 0.226 e. The van der Waals surface area contributed by atoms with Gasteiger partial charge in [0.25, 0.3) is 0 Å². The van der Waals surface area contributed by atoms with Crippen molar-refractivity contribution in [1.29, 1.82) is 0 Å². The maximum Gasteiger partial charge on any atom is 0.226 e. The van der Waals surface area contributed by atoms with Crippen molar-refractivity contribution in [1.82, 2.24) is 14.8 Å². The van der Waals surface area contributed by atoms with Gasteiger partial charge in [-0.15, -0.1) is 0 Å². The summed E-state index contributed by atoms with van der Waals surface area (Å²) in [6.07, 6.45) is 1.15. The van der Waals surface area contributed by atoms with E-state index in [1.54, 1.807) is 13.4 Å². The van der Waals surface area contributed by atoms with E-state index in [2.05, 4.69) is 27.5 Å². The Hall–Kier alpha value is -3.77. The maximum atomic E-state index is 6.66. The standard InChI is InChI=1S/C25H19ClN4O2/c1-31-16-8-6-7-15(13-16)23-21-22(29-25-27-14-28-30(23)25)18-10-3-5-12-20(18)32-24(21)17-9-2-4-11-19(17)26/h2-14,23-24H,1H3,(H,27,28,29). The van der Waals surface area contributed by atoms with Gasteiger partial charge in [0.15, 0.2) is 6.10 Å². The summed E-state index contributed by atoms with van der Waals surface area (Å²) in [6, 6.07) is 23.5. The second-order valence-electron chi connectivity index (χ2n) is 7.68. The average molecular weight is 443 g/mol. The molecule has 2 aliphatic rings. The molecule has 2 aliphatic heterocycles. The SMILES string of the molecule is COc1cccc(C2C3=C(Nc4ncnn42)c2ccccc2OC3c2ccccc2Cl)c1. The van der Waals surface area contributed by atoms with Crippen LogP contribution in [0.5, 0.6) is 11.5 Å². The van der Waals surface area contributed by atoms with Gasteiger partial charge in [0.05, 0.1) is 12.8 Å². The van der Waals surface area contributed by atoms with Gasteiger partial charge in [0.2, 0.25) is 5.95 Å². The zero-order valence-electron chi connectivity index (χ0n) is 17.2. The zero-order chi connectivity index (χ0) is 21.7. The van der Waals surface area contributed by atoms with E-state index in [-0.39, 0.29) is 6.04 Å². The van der Waals surface area contributed by atoms with Crippen molar-refractivity contribution in [2.75, 3.05) is 12.4 Å². The molecular formula is C25H19ClN4O2. The summed E-state index contributed by atoms with van der Waals surface area (Å²) in [5, 5.41) is 8.69. The number of hydrogen-bond donors (Lipinski definition) is 1. The van der Waals surface area contributed by atoms with Crippen LogP contribution in [0.4, 0.5) is 5.95 Å². The summed E-state index contributed by atoms with van der Waals surface area (Å²) >= 11 is 6.66. The summed E-state index contributed by atoms with van der Waals surface area (Å²) in [5.41, 5.74) is 4.88. The van der Waals surface area contributed by atoms with E-state index in [4.69, 9.17) is 21.1 Å². The van der Waals surface area contributed by atoms with Crippen molar-refractivity contribution < 1.29 is 9.47 Å². The Kier molecular flexibility index (Phi) is 4.40. The van der Waals surface area contributed by atoms with Crippen LogP contribution in [0, 0.1) is 0 Å². The van der Waals surface area contributed by atoms with Crippen LogP contribution >= 0.6 is 11.6 Å². The third-order valence-electron chi connectivity index (χ3n) is 5.92. The molecule has 2 unspecified atom stereocenters. The molecule has 7 heteroatoms. The van der Waals surface area contributed by atoms with Crippen LogP contribution in [0.25, 0.3) is 5.70 Å². The number of nitrogens with zero attached hydrogens (tertiary/aromatic N) is 3. The number of anilines is 1. The molecule has 0 spiro atoms. The Labute approximate surface area is 190 Å². The number of benzene rings is 3. The molecule has 0 saturated carbocycles. The molecule has 32 heavy (non-hydrogen) atoms. The third-order valence-corrected chi connectivity index (χ3v) is 6.26. The van der Waals surface area contributed by atoms with E-state index in [0.717, 1.165) is 39.5 Å². The maximum absolute atomic E-state index is 6.66. The number of ether oxygens (including phenoxy) is 2. The summed E-state index contributed by atoms with van der Waals surface area (Å²) < 4.78 is 14.0. The summed E-state index contributed by atoms with van der Waals surface area (Å²) in [6.45, 7) is 0. The first kappa shape index (κ1) is 19.0. The number of para-hydroxylation sites is 1. The molecule has 1 aromatic heterocycles. The molecule has 0 fully saturated rings. The molecular weight excluding hydrogens is 424 g/mol. The first-order chi connectivity index (χ1) is 15.7.